The van der Waals surface area contributed by atoms with Crippen molar-refractivity contribution >= 4 is 18.0 Å². The Morgan fingerprint density at radius 3 is 2.54 bits per heavy atom. The second-order valence-electron chi connectivity index (χ2n) is 7.33. The number of rotatable bonds is 2. The maximum absolute atomic E-state index is 12.9. The number of hydrogen-bond acceptors (Lipinski definition) is 4. The summed E-state index contributed by atoms with van der Waals surface area (Å²) in [7, 11) is 0. The van der Waals surface area contributed by atoms with Crippen LogP contribution in [-0.2, 0) is 14.3 Å². The Kier molecular flexibility index (Phi) is 5.51. The number of nitrogens with one attached hydrogen (secondary N) is 1. The van der Waals surface area contributed by atoms with E-state index in [1.54, 1.807) is 20.8 Å². The molecule has 2 rings (SSSR count). The summed E-state index contributed by atoms with van der Waals surface area (Å²) in [5, 5.41) is 12.0. The maximum Gasteiger partial charge on any atom is 0.408 e. The van der Waals surface area contributed by atoms with Gasteiger partial charge in [-0.3, -0.25) is 4.79 Å². The topological polar surface area (TPSA) is 95.9 Å². The van der Waals surface area contributed by atoms with Gasteiger partial charge in [-0.1, -0.05) is 12.2 Å². The van der Waals surface area contributed by atoms with Gasteiger partial charge >= 0.3 is 12.1 Å². The summed E-state index contributed by atoms with van der Waals surface area (Å²) < 4.78 is 5.21. The van der Waals surface area contributed by atoms with Gasteiger partial charge in [0.25, 0.3) is 0 Å². The van der Waals surface area contributed by atoms with Gasteiger partial charge in [0.1, 0.15) is 17.7 Å². The quantitative estimate of drug-likeness (QED) is 0.751. The van der Waals surface area contributed by atoms with Crippen LogP contribution in [0.2, 0.25) is 0 Å². The van der Waals surface area contributed by atoms with E-state index < -0.39 is 29.7 Å². The number of carboxylic acid groups (broad SMARTS) is 1. The van der Waals surface area contributed by atoms with Gasteiger partial charge in [0.05, 0.1) is 0 Å². The molecule has 24 heavy (non-hydrogen) atoms. The average molecular weight is 338 g/mol. The van der Waals surface area contributed by atoms with Crippen molar-refractivity contribution in [3.63, 3.8) is 0 Å². The Morgan fingerprint density at radius 1 is 1.25 bits per heavy atom. The lowest BCUT2D eigenvalue weighted by molar-refractivity contribution is -0.156. The molecule has 1 fully saturated rings. The van der Waals surface area contributed by atoms with Gasteiger partial charge in [-0.2, -0.15) is 0 Å². The molecule has 7 heteroatoms. The predicted octanol–water partition coefficient (Wildman–Crippen LogP) is 2.06. The fraction of sp³-hybridized carbons (Fsp3) is 0.706. The van der Waals surface area contributed by atoms with Crippen LogP contribution in [0, 0.1) is 0 Å². The Hall–Kier alpha value is -2.05. The van der Waals surface area contributed by atoms with Crippen LogP contribution in [0.15, 0.2) is 12.2 Å². The highest BCUT2D eigenvalue weighted by atomic mass is 16.6. The first-order chi connectivity index (χ1) is 11.2. The third-order valence-electron chi connectivity index (χ3n) is 4.22. The highest BCUT2D eigenvalue weighted by Crippen LogP contribution is 2.28. The summed E-state index contributed by atoms with van der Waals surface area (Å²) >= 11 is 0. The fourth-order valence-electron chi connectivity index (χ4n) is 3.22. The van der Waals surface area contributed by atoms with Crippen molar-refractivity contribution in [1.29, 1.82) is 0 Å². The number of alkyl carbamates (subject to hydrolysis) is 1. The Labute approximate surface area is 142 Å². The van der Waals surface area contributed by atoms with Gasteiger partial charge in [-0.25, -0.2) is 9.59 Å². The van der Waals surface area contributed by atoms with E-state index in [2.05, 4.69) is 5.32 Å². The molecule has 2 aliphatic heterocycles. The fourth-order valence-corrected chi connectivity index (χ4v) is 3.22. The van der Waals surface area contributed by atoms with Crippen molar-refractivity contribution < 1.29 is 24.2 Å². The first-order valence-corrected chi connectivity index (χ1v) is 8.38. The lowest BCUT2D eigenvalue weighted by atomic mass is 9.90. The summed E-state index contributed by atoms with van der Waals surface area (Å²) in [6, 6.07) is -1.77. The van der Waals surface area contributed by atoms with Gasteiger partial charge in [0.2, 0.25) is 5.91 Å². The van der Waals surface area contributed by atoms with E-state index in [1.165, 1.54) is 4.90 Å². The molecule has 0 aromatic heterocycles. The smallest absolute Gasteiger partial charge is 0.408 e. The zero-order chi connectivity index (χ0) is 17.9. The molecule has 0 aromatic carbocycles. The number of amides is 2. The van der Waals surface area contributed by atoms with Crippen molar-refractivity contribution in [2.75, 3.05) is 0 Å². The van der Waals surface area contributed by atoms with E-state index >= 15 is 0 Å². The molecule has 2 heterocycles. The Balaban J connectivity index is 2.18. The summed E-state index contributed by atoms with van der Waals surface area (Å²) in [6.45, 7) is 5.23. The van der Waals surface area contributed by atoms with Crippen LogP contribution in [0.3, 0.4) is 0 Å². The molecule has 3 atom stereocenters. The van der Waals surface area contributed by atoms with Crippen LogP contribution in [0.1, 0.15) is 52.9 Å². The van der Waals surface area contributed by atoms with Crippen LogP contribution < -0.4 is 5.32 Å². The second kappa shape index (κ2) is 7.23. The molecule has 0 unspecified atom stereocenters. The number of aliphatic carboxylic acids is 1. The number of ether oxygens (including phenoxy) is 1. The molecule has 0 aromatic rings. The SMILES string of the molecule is CC(C)(C)OC(=O)N[C@H]1C/C=C\C[C@H]2CCC[C@@H](C(=O)O)N2C1=O. The molecule has 134 valence electrons. The van der Waals surface area contributed by atoms with Gasteiger partial charge in [-0.05, 0) is 52.9 Å². The molecule has 2 amide bonds. The summed E-state index contributed by atoms with van der Waals surface area (Å²) in [6.07, 6.45) is 6.13. The Bertz CT molecular complexity index is 538. The third-order valence-corrected chi connectivity index (χ3v) is 4.22. The predicted molar refractivity (Wildman–Crippen MR) is 87.4 cm³/mol. The summed E-state index contributed by atoms with van der Waals surface area (Å²) in [5.74, 6) is -1.34. The van der Waals surface area contributed by atoms with E-state index in [1.807, 2.05) is 12.2 Å². The Morgan fingerprint density at radius 2 is 1.92 bits per heavy atom. The van der Waals surface area contributed by atoms with Crippen LogP contribution in [0.25, 0.3) is 0 Å². The molecular weight excluding hydrogens is 312 g/mol. The van der Waals surface area contributed by atoms with Crippen LogP contribution in [0.4, 0.5) is 4.79 Å². The molecule has 0 bridgehead atoms. The van der Waals surface area contributed by atoms with Crippen LogP contribution in [0.5, 0.6) is 0 Å². The summed E-state index contributed by atoms with van der Waals surface area (Å²) in [4.78, 5) is 37.9. The van der Waals surface area contributed by atoms with E-state index in [0.717, 1.165) is 12.8 Å². The molecular formula is C17H26N2O5. The summed E-state index contributed by atoms with van der Waals surface area (Å²) in [5.41, 5.74) is -0.665. The highest BCUT2D eigenvalue weighted by Gasteiger charge is 2.41. The normalized spacial score (nSPS) is 29.0. The van der Waals surface area contributed by atoms with Crippen molar-refractivity contribution in [2.24, 2.45) is 0 Å². The minimum atomic E-state index is -0.992. The van der Waals surface area contributed by atoms with Crippen molar-refractivity contribution in [1.82, 2.24) is 10.2 Å². The van der Waals surface area contributed by atoms with Gasteiger partial charge in [0.15, 0.2) is 0 Å². The second-order valence-corrected chi connectivity index (χ2v) is 7.33. The number of carbonyl (C=O) groups excluding carboxylic acids is 2. The van der Waals surface area contributed by atoms with Crippen molar-refractivity contribution in [2.45, 2.75) is 76.6 Å². The minimum absolute atomic E-state index is 0.133. The highest BCUT2D eigenvalue weighted by molar-refractivity contribution is 5.90. The molecule has 1 saturated heterocycles. The number of hydrogen-bond donors (Lipinski definition) is 2. The zero-order valence-corrected chi connectivity index (χ0v) is 14.4. The van der Waals surface area contributed by atoms with Gasteiger partial charge < -0.3 is 20.1 Å². The number of carboxylic acids is 1. The monoisotopic (exact) mass is 338 g/mol. The molecule has 2 aliphatic rings. The van der Waals surface area contributed by atoms with Crippen molar-refractivity contribution in [3.8, 4) is 0 Å². The average Bonchev–Trinajstić information content (AvgIpc) is 2.45. The van der Waals surface area contributed by atoms with E-state index in [9.17, 15) is 19.5 Å². The molecule has 0 aliphatic carbocycles. The molecule has 7 nitrogen and oxygen atoms in total. The van der Waals surface area contributed by atoms with Crippen molar-refractivity contribution in [3.05, 3.63) is 12.2 Å². The number of piperidine rings is 1. The molecule has 0 spiro atoms. The van der Waals surface area contributed by atoms with Crippen LogP contribution >= 0.6 is 0 Å². The minimum Gasteiger partial charge on any atom is -0.480 e. The molecule has 0 radical (unpaired) electrons. The lowest BCUT2D eigenvalue weighted by Gasteiger charge is -2.42. The number of fused-ring (bicyclic) bond motifs is 1. The van der Waals surface area contributed by atoms with Gasteiger partial charge in [-0.15, -0.1) is 0 Å². The number of carbonyl (C=O) groups is 3. The van der Waals surface area contributed by atoms with E-state index in [4.69, 9.17) is 4.74 Å². The molecule has 0 saturated carbocycles. The third kappa shape index (κ3) is 4.49. The van der Waals surface area contributed by atoms with E-state index in [0.29, 0.717) is 19.3 Å². The van der Waals surface area contributed by atoms with Gasteiger partial charge in [0, 0.05) is 6.04 Å². The standard InChI is InChI=1S/C17H26N2O5/c1-17(2,3)24-16(23)18-12-9-5-4-7-11-8-6-10-13(15(21)22)19(11)14(12)20/h4-5,11-13H,6-10H2,1-3H3,(H,18,23)(H,21,22)/b5-4-/t11-,12-,13-/m0/s1. The van der Waals surface area contributed by atoms with E-state index in [-0.39, 0.29) is 11.9 Å². The zero-order valence-electron chi connectivity index (χ0n) is 14.4. The molecule has 2 N–H and O–H groups in total. The number of nitrogens with zero attached hydrogens (tertiary/aromatic N) is 1. The van der Waals surface area contributed by atoms with Crippen LogP contribution in [-0.4, -0.2) is 51.7 Å². The first kappa shape index (κ1) is 18.3. The maximum atomic E-state index is 12.9. The largest absolute Gasteiger partial charge is 0.480 e. The lowest BCUT2D eigenvalue weighted by Crippen LogP contribution is -2.59. The first-order valence-electron chi connectivity index (χ1n) is 8.38.